The second-order valence-corrected chi connectivity index (χ2v) is 14.8. The quantitative estimate of drug-likeness (QED) is 0.134. The minimum Gasteiger partial charge on any atom is -0.355 e. The van der Waals surface area contributed by atoms with E-state index in [4.69, 9.17) is 0 Å². The van der Waals surface area contributed by atoms with Crippen molar-refractivity contribution in [2.45, 2.75) is 72.1 Å². The normalized spacial score (nSPS) is 13.7. The number of carbonyl (C=O) groups excluding carboxylic acids is 4. The van der Waals surface area contributed by atoms with Gasteiger partial charge in [0.2, 0.25) is 21.8 Å². The van der Waals surface area contributed by atoms with Crippen LogP contribution in [0.2, 0.25) is 0 Å². The van der Waals surface area contributed by atoms with Gasteiger partial charge in [0.25, 0.3) is 11.8 Å². The summed E-state index contributed by atoms with van der Waals surface area (Å²) in [6, 6.07) is 21.0. The van der Waals surface area contributed by atoms with E-state index in [2.05, 4.69) is 26.6 Å². The highest BCUT2D eigenvalue weighted by Gasteiger charge is 2.27. The summed E-state index contributed by atoms with van der Waals surface area (Å²) in [5.74, 6) is -1.75. The summed E-state index contributed by atoms with van der Waals surface area (Å²) in [5, 5.41) is 14.7. The van der Waals surface area contributed by atoms with E-state index in [9.17, 15) is 27.6 Å². The molecule has 51 heavy (non-hydrogen) atoms. The third-order valence-electron chi connectivity index (χ3n) is 8.39. The maximum atomic E-state index is 13.9. The van der Waals surface area contributed by atoms with Crippen LogP contribution in [0.3, 0.4) is 0 Å². The van der Waals surface area contributed by atoms with Gasteiger partial charge in [0.1, 0.15) is 6.04 Å². The molecule has 0 saturated heterocycles. The zero-order chi connectivity index (χ0) is 37.7. The molecule has 0 aliphatic heterocycles. The lowest BCUT2D eigenvalue weighted by Gasteiger charge is -2.26. The summed E-state index contributed by atoms with van der Waals surface area (Å²) < 4.78 is 26.6. The van der Waals surface area contributed by atoms with Crippen LogP contribution in [0.15, 0.2) is 78.9 Å². The van der Waals surface area contributed by atoms with Gasteiger partial charge in [0.15, 0.2) is 0 Å². The Bertz CT molecular complexity index is 1740. The predicted octanol–water partition coefficient (Wildman–Crippen LogP) is 3.56. The molecule has 3 rings (SSSR count). The highest BCUT2D eigenvalue weighted by Crippen LogP contribution is 2.23. The van der Waals surface area contributed by atoms with E-state index in [1.54, 1.807) is 13.8 Å². The average Bonchev–Trinajstić information content (AvgIpc) is 3.09. The molecule has 3 aromatic carbocycles. The van der Waals surface area contributed by atoms with Gasteiger partial charge in [-0.25, -0.2) is 8.42 Å². The van der Waals surface area contributed by atoms with E-state index in [0.29, 0.717) is 13.0 Å². The van der Waals surface area contributed by atoms with Crippen LogP contribution >= 0.6 is 0 Å². The van der Waals surface area contributed by atoms with Crippen molar-refractivity contribution in [2.75, 3.05) is 30.2 Å². The molecule has 0 radical (unpaired) electrons. The van der Waals surface area contributed by atoms with Gasteiger partial charge in [-0.1, -0.05) is 74.5 Å². The van der Waals surface area contributed by atoms with Crippen molar-refractivity contribution < 1.29 is 27.6 Å². The second-order valence-electron chi connectivity index (χ2n) is 12.9. The van der Waals surface area contributed by atoms with Gasteiger partial charge in [-0.3, -0.25) is 23.5 Å². The first-order chi connectivity index (χ1) is 24.1. The molecular formula is C38H52N6O6S. The number of nitrogens with one attached hydrogen (secondary N) is 5. The van der Waals surface area contributed by atoms with Crippen LogP contribution in [0, 0.1) is 5.92 Å². The van der Waals surface area contributed by atoms with E-state index in [1.165, 1.54) is 18.2 Å². The predicted molar refractivity (Wildman–Crippen MR) is 201 cm³/mol. The number of hydrogen-bond donors (Lipinski definition) is 5. The van der Waals surface area contributed by atoms with Crippen molar-refractivity contribution in [3.63, 3.8) is 0 Å². The molecule has 4 atom stereocenters. The van der Waals surface area contributed by atoms with Gasteiger partial charge in [-0.05, 0) is 69.4 Å². The number of rotatable bonds is 18. The summed E-state index contributed by atoms with van der Waals surface area (Å²) in [7, 11) is -3.74. The number of sulfonamides is 1. The van der Waals surface area contributed by atoms with Crippen LogP contribution in [0.4, 0.5) is 5.69 Å². The Labute approximate surface area is 302 Å². The molecule has 276 valence electrons. The molecule has 0 aliphatic carbocycles. The zero-order valence-electron chi connectivity index (χ0n) is 30.5. The number of carbonyl (C=O) groups is 4. The standard InChI is InChI=1S/C38H52N6O6S/c1-8-39-38(48)34(25(3)4)43-35(45)27(6)40-24-32(20-28-16-12-10-13-17-28)42-37(47)31-21-30(22-33(23-31)44(9-2)51(7,49)50)36(46)41-26(5)29-18-14-11-15-19-29/h10-19,21-23,25-27,32,34,40H,8-9,20,24H2,1-7H3,(H,39,48)(H,41,46)(H,42,47)(H,43,45)/t26-,27?,32+,34+/m1/s1. The monoisotopic (exact) mass is 720 g/mol. The van der Waals surface area contributed by atoms with Gasteiger partial charge in [0, 0.05) is 36.8 Å². The maximum Gasteiger partial charge on any atom is 0.251 e. The summed E-state index contributed by atoms with van der Waals surface area (Å²) in [5.41, 5.74) is 2.22. The molecule has 1 unspecified atom stereocenters. The third kappa shape index (κ3) is 12.2. The van der Waals surface area contributed by atoms with E-state index in [0.717, 1.165) is 21.7 Å². The van der Waals surface area contributed by atoms with Crippen LogP contribution in [0.1, 0.15) is 79.4 Å². The maximum absolute atomic E-state index is 13.9. The van der Waals surface area contributed by atoms with Gasteiger partial charge in [-0.2, -0.15) is 0 Å². The van der Waals surface area contributed by atoms with Gasteiger partial charge >= 0.3 is 0 Å². The van der Waals surface area contributed by atoms with Crippen LogP contribution in [-0.4, -0.2) is 76.1 Å². The lowest BCUT2D eigenvalue weighted by Crippen LogP contribution is -2.55. The van der Waals surface area contributed by atoms with Crippen LogP contribution in [0.25, 0.3) is 0 Å². The molecule has 0 aromatic heterocycles. The summed E-state index contributed by atoms with van der Waals surface area (Å²) in [6.45, 7) is 11.4. The topological polar surface area (TPSA) is 166 Å². The van der Waals surface area contributed by atoms with Gasteiger partial charge < -0.3 is 26.6 Å². The van der Waals surface area contributed by atoms with Crippen molar-refractivity contribution in [3.05, 3.63) is 101 Å². The Morgan fingerprint density at radius 3 is 1.84 bits per heavy atom. The molecule has 0 fully saturated rings. The lowest BCUT2D eigenvalue weighted by atomic mass is 10.0. The summed E-state index contributed by atoms with van der Waals surface area (Å²) in [6.07, 6.45) is 1.48. The average molecular weight is 721 g/mol. The molecule has 12 nitrogen and oxygen atoms in total. The largest absolute Gasteiger partial charge is 0.355 e. The number of nitrogens with zero attached hydrogens (tertiary/aromatic N) is 1. The fourth-order valence-corrected chi connectivity index (χ4v) is 6.54. The number of anilines is 1. The molecule has 0 bridgehead atoms. The first-order valence-electron chi connectivity index (χ1n) is 17.3. The molecule has 0 saturated carbocycles. The Kier molecular flexibility index (Phi) is 15.2. The first kappa shape index (κ1) is 40.7. The zero-order valence-corrected chi connectivity index (χ0v) is 31.3. The highest BCUT2D eigenvalue weighted by atomic mass is 32.2. The minimum atomic E-state index is -3.74. The molecule has 0 spiro atoms. The fraction of sp³-hybridized carbons (Fsp3) is 0.421. The van der Waals surface area contributed by atoms with Crippen LogP contribution in [0.5, 0.6) is 0 Å². The van der Waals surface area contributed by atoms with E-state index < -0.39 is 40.0 Å². The van der Waals surface area contributed by atoms with Crippen molar-refractivity contribution in [1.29, 1.82) is 0 Å². The minimum absolute atomic E-state index is 0.0870. The van der Waals surface area contributed by atoms with Crippen molar-refractivity contribution in [2.24, 2.45) is 5.92 Å². The fourth-order valence-electron chi connectivity index (χ4n) is 5.58. The number of hydrogen-bond acceptors (Lipinski definition) is 7. The number of likely N-dealkylation sites (N-methyl/N-ethyl adjacent to an activating group) is 1. The first-order valence-corrected chi connectivity index (χ1v) is 19.1. The molecule has 4 amide bonds. The van der Waals surface area contributed by atoms with E-state index >= 15 is 0 Å². The van der Waals surface area contributed by atoms with Crippen LogP contribution in [-0.2, 0) is 26.0 Å². The molecule has 5 N–H and O–H groups in total. The Morgan fingerprint density at radius 1 is 0.745 bits per heavy atom. The highest BCUT2D eigenvalue weighted by molar-refractivity contribution is 7.92. The number of benzene rings is 3. The van der Waals surface area contributed by atoms with Gasteiger partial charge in [0.05, 0.1) is 24.0 Å². The van der Waals surface area contributed by atoms with Crippen molar-refractivity contribution in [1.82, 2.24) is 26.6 Å². The van der Waals surface area contributed by atoms with E-state index in [1.807, 2.05) is 88.4 Å². The van der Waals surface area contributed by atoms with Crippen molar-refractivity contribution >= 4 is 39.3 Å². The summed E-state index contributed by atoms with van der Waals surface area (Å²) in [4.78, 5) is 53.1. The lowest BCUT2D eigenvalue weighted by molar-refractivity contribution is -0.130. The molecule has 0 heterocycles. The molecule has 13 heteroatoms. The Morgan fingerprint density at radius 2 is 1.31 bits per heavy atom. The second kappa shape index (κ2) is 19.0. The van der Waals surface area contributed by atoms with Gasteiger partial charge in [-0.15, -0.1) is 0 Å². The Hall–Kier alpha value is -4.75. The smallest absolute Gasteiger partial charge is 0.251 e. The Balaban J connectivity index is 1.89. The molecule has 0 aliphatic rings. The summed E-state index contributed by atoms with van der Waals surface area (Å²) >= 11 is 0. The van der Waals surface area contributed by atoms with E-state index in [-0.39, 0.29) is 53.7 Å². The van der Waals surface area contributed by atoms with Crippen molar-refractivity contribution in [3.8, 4) is 0 Å². The SMILES string of the molecule is CCNC(=O)[C@@H](NC(=O)C(C)NC[C@H](Cc1ccccc1)NC(=O)c1cc(C(=O)N[C@H](C)c2ccccc2)cc(N(CC)S(C)(=O)=O)c1)C(C)C. The molecule has 3 aromatic rings. The third-order valence-corrected chi connectivity index (χ3v) is 9.66. The van der Waals surface area contributed by atoms with Crippen LogP contribution < -0.4 is 30.9 Å². The number of amides is 4. The molecular weight excluding hydrogens is 669 g/mol.